The predicted molar refractivity (Wildman–Crippen MR) is 94.4 cm³/mol. The molecule has 1 aromatic carbocycles. The molecule has 0 aromatic heterocycles. The van der Waals surface area contributed by atoms with Gasteiger partial charge in [0.1, 0.15) is 10.6 Å². The molecule has 0 bridgehead atoms. The Bertz CT molecular complexity index is 738. The second-order valence-electron chi connectivity index (χ2n) is 6.54. The van der Waals surface area contributed by atoms with Gasteiger partial charge in [-0.2, -0.15) is 4.31 Å². The molecular weight excluding hydrogens is 342 g/mol. The number of ether oxygens (including phenoxy) is 1. The van der Waals surface area contributed by atoms with Crippen LogP contribution in [0.15, 0.2) is 23.1 Å². The zero-order valence-electron chi connectivity index (χ0n) is 14.7. The Hall–Kier alpha value is -1.64. The van der Waals surface area contributed by atoms with E-state index in [1.54, 1.807) is 24.1 Å². The molecule has 25 heavy (non-hydrogen) atoms. The standard InChI is InChI=1S/C17H25N3O4S/c1-19(14-7-8-18-12-14)17(21)13-5-6-15(24-2)16(11-13)25(22,23)20-9-3-4-10-20/h5-6,11,14,18H,3-4,7-10,12H2,1-2H3. The lowest BCUT2D eigenvalue weighted by Gasteiger charge is -2.24. The van der Waals surface area contributed by atoms with Crippen molar-refractivity contribution in [1.82, 2.24) is 14.5 Å². The number of nitrogens with one attached hydrogen (secondary N) is 1. The van der Waals surface area contributed by atoms with Gasteiger partial charge in [-0.15, -0.1) is 0 Å². The summed E-state index contributed by atoms with van der Waals surface area (Å²) in [5.74, 6) is 0.0999. The SMILES string of the molecule is COc1ccc(C(=O)N(C)C2CCNC2)cc1S(=O)(=O)N1CCCC1. The van der Waals surface area contributed by atoms with E-state index in [1.165, 1.54) is 17.5 Å². The van der Waals surface area contributed by atoms with Crippen LogP contribution in [0.2, 0.25) is 0 Å². The first-order valence-corrected chi connectivity index (χ1v) is 10.0. The quantitative estimate of drug-likeness (QED) is 0.837. The Morgan fingerprint density at radius 3 is 2.64 bits per heavy atom. The Morgan fingerprint density at radius 1 is 1.32 bits per heavy atom. The van der Waals surface area contributed by atoms with E-state index in [0.717, 1.165) is 32.4 Å². The van der Waals surface area contributed by atoms with Gasteiger partial charge >= 0.3 is 0 Å². The molecule has 0 spiro atoms. The number of amides is 1. The first-order chi connectivity index (χ1) is 11.9. The molecule has 138 valence electrons. The van der Waals surface area contributed by atoms with Crippen molar-refractivity contribution < 1.29 is 17.9 Å². The van der Waals surface area contributed by atoms with E-state index in [-0.39, 0.29) is 22.6 Å². The molecule has 3 rings (SSSR count). The van der Waals surface area contributed by atoms with Crippen molar-refractivity contribution in [2.45, 2.75) is 30.2 Å². The summed E-state index contributed by atoms with van der Waals surface area (Å²) in [5.41, 5.74) is 0.368. The number of sulfonamides is 1. The summed E-state index contributed by atoms with van der Waals surface area (Å²) in [7, 11) is -0.454. The molecule has 7 nitrogen and oxygen atoms in total. The number of carbonyl (C=O) groups is 1. The summed E-state index contributed by atoms with van der Waals surface area (Å²) < 4.78 is 32.6. The summed E-state index contributed by atoms with van der Waals surface area (Å²) >= 11 is 0. The number of likely N-dealkylation sites (N-methyl/N-ethyl adjacent to an activating group) is 1. The Morgan fingerprint density at radius 2 is 2.04 bits per heavy atom. The van der Waals surface area contributed by atoms with Crippen molar-refractivity contribution >= 4 is 15.9 Å². The van der Waals surface area contributed by atoms with Gasteiger partial charge in [-0.3, -0.25) is 4.79 Å². The first kappa shape index (κ1) is 18.2. The predicted octanol–water partition coefficient (Wildman–Crippen LogP) is 0.914. The van der Waals surface area contributed by atoms with E-state index in [0.29, 0.717) is 18.7 Å². The number of nitrogens with zero attached hydrogens (tertiary/aromatic N) is 2. The summed E-state index contributed by atoms with van der Waals surface area (Å²) in [6.45, 7) is 2.67. The van der Waals surface area contributed by atoms with Crippen LogP contribution in [0.3, 0.4) is 0 Å². The molecule has 0 aliphatic carbocycles. The van der Waals surface area contributed by atoms with Gasteiger partial charge in [0.05, 0.1) is 7.11 Å². The maximum absolute atomic E-state index is 12.9. The normalized spacial score (nSPS) is 21.4. The highest BCUT2D eigenvalue weighted by atomic mass is 32.2. The molecule has 2 aliphatic rings. The molecule has 2 aliphatic heterocycles. The van der Waals surface area contributed by atoms with Gasteiger partial charge < -0.3 is 15.0 Å². The average molecular weight is 367 g/mol. The van der Waals surface area contributed by atoms with Crippen molar-refractivity contribution in [2.24, 2.45) is 0 Å². The van der Waals surface area contributed by atoms with E-state index in [4.69, 9.17) is 4.74 Å². The Labute approximate surface area is 149 Å². The molecular formula is C17H25N3O4S. The molecule has 1 amide bonds. The second-order valence-corrected chi connectivity index (χ2v) is 8.45. The van der Waals surface area contributed by atoms with Crippen molar-refractivity contribution in [1.29, 1.82) is 0 Å². The van der Waals surface area contributed by atoms with Crippen molar-refractivity contribution in [3.63, 3.8) is 0 Å². The number of methoxy groups -OCH3 is 1. The van der Waals surface area contributed by atoms with Gasteiger partial charge in [0.25, 0.3) is 5.91 Å². The lowest BCUT2D eigenvalue weighted by atomic mass is 10.1. The number of hydrogen-bond donors (Lipinski definition) is 1. The zero-order valence-corrected chi connectivity index (χ0v) is 15.5. The third-order valence-corrected chi connectivity index (χ3v) is 6.92. The highest BCUT2D eigenvalue weighted by molar-refractivity contribution is 7.89. The summed E-state index contributed by atoms with van der Waals surface area (Å²) in [6.07, 6.45) is 2.62. The Kier molecular flexibility index (Phi) is 5.31. The van der Waals surface area contributed by atoms with Crippen LogP contribution in [-0.2, 0) is 10.0 Å². The fourth-order valence-electron chi connectivity index (χ4n) is 3.42. The van der Waals surface area contributed by atoms with Gasteiger partial charge in [0.2, 0.25) is 10.0 Å². The molecule has 1 N–H and O–H groups in total. The first-order valence-electron chi connectivity index (χ1n) is 8.61. The third-order valence-electron chi connectivity index (χ3n) is 5.00. The minimum absolute atomic E-state index is 0.0701. The van der Waals surface area contributed by atoms with Crippen LogP contribution in [0.25, 0.3) is 0 Å². The third kappa shape index (κ3) is 3.51. The van der Waals surface area contributed by atoms with Crippen LogP contribution in [0.1, 0.15) is 29.6 Å². The molecule has 1 unspecified atom stereocenters. The molecule has 0 saturated carbocycles. The number of benzene rings is 1. The largest absolute Gasteiger partial charge is 0.495 e. The molecule has 8 heteroatoms. The van der Waals surface area contributed by atoms with Crippen LogP contribution in [0.5, 0.6) is 5.75 Å². The van der Waals surface area contributed by atoms with Gasteiger partial charge in [0, 0.05) is 38.3 Å². The summed E-state index contributed by atoms with van der Waals surface area (Å²) in [4.78, 5) is 14.5. The van der Waals surface area contributed by atoms with Crippen LogP contribution >= 0.6 is 0 Å². The lowest BCUT2D eigenvalue weighted by Crippen LogP contribution is -2.38. The van der Waals surface area contributed by atoms with Crippen LogP contribution < -0.4 is 10.1 Å². The van der Waals surface area contributed by atoms with Gasteiger partial charge in [0.15, 0.2) is 0 Å². The molecule has 1 aromatic rings. The summed E-state index contributed by atoms with van der Waals surface area (Å²) in [6, 6.07) is 4.78. The molecule has 0 radical (unpaired) electrons. The Balaban J connectivity index is 1.93. The van der Waals surface area contributed by atoms with Crippen molar-refractivity contribution in [2.75, 3.05) is 40.3 Å². The number of rotatable bonds is 5. The van der Waals surface area contributed by atoms with E-state index < -0.39 is 10.0 Å². The van der Waals surface area contributed by atoms with Crippen molar-refractivity contribution in [3.8, 4) is 5.75 Å². The van der Waals surface area contributed by atoms with Gasteiger partial charge in [-0.05, 0) is 44.0 Å². The fraction of sp³-hybridized carbons (Fsp3) is 0.588. The topological polar surface area (TPSA) is 79.0 Å². The number of carbonyl (C=O) groups excluding carboxylic acids is 1. The lowest BCUT2D eigenvalue weighted by molar-refractivity contribution is 0.0743. The van der Waals surface area contributed by atoms with E-state index in [9.17, 15) is 13.2 Å². The minimum atomic E-state index is -3.66. The highest BCUT2D eigenvalue weighted by Gasteiger charge is 2.31. The smallest absolute Gasteiger partial charge is 0.253 e. The minimum Gasteiger partial charge on any atom is -0.495 e. The fourth-order valence-corrected chi connectivity index (χ4v) is 5.12. The number of hydrogen-bond acceptors (Lipinski definition) is 5. The van der Waals surface area contributed by atoms with Crippen molar-refractivity contribution in [3.05, 3.63) is 23.8 Å². The van der Waals surface area contributed by atoms with Gasteiger partial charge in [-0.1, -0.05) is 0 Å². The molecule has 1 atom stereocenters. The maximum Gasteiger partial charge on any atom is 0.253 e. The van der Waals surface area contributed by atoms with Crippen LogP contribution in [-0.4, -0.2) is 69.9 Å². The molecule has 2 fully saturated rings. The monoisotopic (exact) mass is 367 g/mol. The highest BCUT2D eigenvalue weighted by Crippen LogP contribution is 2.30. The molecule has 2 heterocycles. The van der Waals surface area contributed by atoms with E-state index in [1.807, 2.05) is 0 Å². The van der Waals surface area contributed by atoms with Crippen LogP contribution in [0, 0.1) is 0 Å². The molecule has 2 saturated heterocycles. The van der Waals surface area contributed by atoms with E-state index in [2.05, 4.69) is 5.32 Å². The second kappa shape index (κ2) is 7.31. The summed E-state index contributed by atoms with van der Waals surface area (Å²) in [5, 5.41) is 3.23. The zero-order chi connectivity index (χ0) is 18.0. The maximum atomic E-state index is 12.9. The van der Waals surface area contributed by atoms with Gasteiger partial charge in [-0.25, -0.2) is 8.42 Å². The average Bonchev–Trinajstić information content (AvgIpc) is 3.33. The van der Waals surface area contributed by atoms with Crippen LogP contribution in [0.4, 0.5) is 0 Å². The van der Waals surface area contributed by atoms with E-state index >= 15 is 0 Å².